The molecule has 0 aromatic heterocycles. The Labute approximate surface area is 110 Å². The quantitative estimate of drug-likeness (QED) is 0.836. The molecule has 2 aliphatic rings. The van der Waals surface area contributed by atoms with Crippen molar-refractivity contribution in [3.05, 3.63) is 0 Å². The van der Waals surface area contributed by atoms with Crippen molar-refractivity contribution < 1.29 is 4.74 Å². The van der Waals surface area contributed by atoms with Crippen molar-refractivity contribution in [2.75, 3.05) is 24.7 Å². The van der Waals surface area contributed by atoms with Gasteiger partial charge in [-0.3, -0.25) is 0 Å². The SMILES string of the molecule is CC(C)NCCC1CCOC2(CCSCC2)C1. The van der Waals surface area contributed by atoms with Crippen LogP contribution < -0.4 is 5.32 Å². The van der Waals surface area contributed by atoms with Gasteiger partial charge in [0.1, 0.15) is 0 Å². The van der Waals surface area contributed by atoms with Crippen molar-refractivity contribution in [3.8, 4) is 0 Å². The van der Waals surface area contributed by atoms with Gasteiger partial charge in [0, 0.05) is 12.6 Å². The topological polar surface area (TPSA) is 21.3 Å². The van der Waals surface area contributed by atoms with Gasteiger partial charge in [-0.25, -0.2) is 0 Å². The van der Waals surface area contributed by atoms with Crippen LogP contribution in [0.1, 0.15) is 46.0 Å². The zero-order chi connectivity index (χ0) is 12.1. The van der Waals surface area contributed by atoms with Crippen LogP contribution in [0.3, 0.4) is 0 Å². The van der Waals surface area contributed by atoms with Crippen LogP contribution in [-0.4, -0.2) is 36.3 Å². The second-order valence-electron chi connectivity index (χ2n) is 5.90. The highest BCUT2D eigenvalue weighted by atomic mass is 32.2. The second-order valence-corrected chi connectivity index (χ2v) is 7.12. The second kappa shape index (κ2) is 6.44. The molecular weight excluding hydrogens is 230 g/mol. The van der Waals surface area contributed by atoms with Crippen LogP contribution in [-0.2, 0) is 4.74 Å². The summed E-state index contributed by atoms with van der Waals surface area (Å²) in [6, 6.07) is 0.620. The summed E-state index contributed by atoms with van der Waals surface area (Å²) in [5, 5.41) is 3.54. The molecule has 2 saturated heterocycles. The molecule has 100 valence electrons. The van der Waals surface area contributed by atoms with Crippen LogP contribution in [0.4, 0.5) is 0 Å². The highest BCUT2D eigenvalue weighted by Crippen LogP contribution is 2.40. The van der Waals surface area contributed by atoms with E-state index in [1.54, 1.807) is 0 Å². The fourth-order valence-electron chi connectivity index (χ4n) is 3.04. The number of hydrogen-bond acceptors (Lipinski definition) is 3. The summed E-state index contributed by atoms with van der Waals surface area (Å²) in [6.07, 6.45) is 6.48. The average Bonchev–Trinajstić information content (AvgIpc) is 2.29. The number of rotatable bonds is 4. The first-order chi connectivity index (χ1) is 8.20. The highest BCUT2D eigenvalue weighted by Gasteiger charge is 2.38. The highest BCUT2D eigenvalue weighted by molar-refractivity contribution is 7.99. The zero-order valence-electron chi connectivity index (χ0n) is 11.3. The number of thioether (sulfide) groups is 1. The summed E-state index contributed by atoms with van der Waals surface area (Å²) in [4.78, 5) is 0. The molecule has 2 heterocycles. The van der Waals surface area contributed by atoms with Gasteiger partial charge in [0.2, 0.25) is 0 Å². The largest absolute Gasteiger partial charge is 0.375 e. The first kappa shape index (κ1) is 13.7. The lowest BCUT2D eigenvalue weighted by molar-refractivity contribution is -0.103. The fraction of sp³-hybridized carbons (Fsp3) is 1.00. The summed E-state index contributed by atoms with van der Waals surface area (Å²) in [6.45, 7) is 6.62. The lowest BCUT2D eigenvalue weighted by Crippen LogP contribution is -2.43. The molecule has 0 aromatic rings. The van der Waals surface area contributed by atoms with E-state index in [0.717, 1.165) is 12.5 Å². The average molecular weight is 257 g/mol. The lowest BCUT2D eigenvalue weighted by atomic mass is 9.80. The van der Waals surface area contributed by atoms with Crippen molar-refractivity contribution >= 4 is 11.8 Å². The maximum atomic E-state index is 6.13. The summed E-state index contributed by atoms with van der Waals surface area (Å²) in [7, 11) is 0. The standard InChI is InChI=1S/C14H27NOS/c1-12(2)15-7-3-13-4-8-16-14(11-13)5-9-17-10-6-14/h12-13,15H,3-11H2,1-2H3. The molecule has 1 N–H and O–H groups in total. The van der Waals surface area contributed by atoms with Crippen molar-refractivity contribution in [1.82, 2.24) is 5.32 Å². The Hall–Kier alpha value is 0.270. The maximum absolute atomic E-state index is 6.13. The maximum Gasteiger partial charge on any atom is 0.0700 e. The molecule has 0 radical (unpaired) electrons. The Balaban J connectivity index is 1.76. The molecule has 2 fully saturated rings. The predicted octanol–water partition coefficient (Wildman–Crippen LogP) is 3.07. The minimum Gasteiger partial charge on any atom is -0.375 e. The first-order valence-corrected chi connectivity index (χ1v) is 8.31. The van der Waals surface area contributed by atoms with Gasteiger partial charge in [-0.05, 0) is 56.1 Å². The van der Waals surface area contributed by atoms with E-state index in [9.17, 15) is 0 Å². The van der Waals surface area contributed by atoms with E-state index in [4.69, 9.17) is 4.74 Å². The molecule has 17 heavy (non-hydrogen) atoms. The summed E-state index contributed by atoms with van der Waals surface area (Å²) in [5.74, 6) is 3.49. The summed E-state index contributed by atoms with van der Waals surface area (Å²) in [5.41, 5.74) is 0.270. The van der Waals surface area contributed by atoms with Crippen molar-refractivity contribution in [2.24, 2.45) is 5.92 Å². The Morgan fingerprint density at radius 2 is 2.12 bits per heavy atom. The molecule has 1 spiro atoms. The Kier molecular flexibility index (Phi) is 5.19. The van der Waals surface area contributed by atoms with Crippen molar-refractivity contribution in [1.29, 1.82) is 0 Å². The number of nitrogens with one attached hydrogen (secondary N) is 1. The van der Waals surface area contributed by atoms with Gasteiger partial charge in [-0.2, -0.15) is 11.8 Å². The molecule has 0 aliphatic carbocycles. The van der Waals surface area contributed by atoms with Crippen molar-refractivity contribution in [2.45, 2.75) is 57.6 Å². The lowest BCUT2D eigenvalue weighted by Gasteiger charge is -2.43. The molecule has 1 atom stereocenters. The first-order valence-electron chi connectivity index (χ1n) is 7.15. The normalized spacial score (nSPS) is 28.8. The van der Waals surface area contributed by atoms with Crippen LogP contribution in [0.25, 0.3) is 0 Å². The van der Waals surface area contributed by atoms with Gasteiger partial charge in [-0.15, -0.1) is 0 Å². The third kappa shape index (κ3) is 4.15. The van der Waals surface area contributed by atoms with Crippen LogP contribution in [0.2, 0.25) is 0 Å². The molecule has 0 bridgehead atoms. The van der Waals surface area contributed by atoms with E-state index >= 15 is 0 Å². The van der Waals surface area contributed by atoms with Crippen LogP contribution in [0, 0.1) is 5.92 Å². The van der Waals surface area contributed by atoms with Gasteiger partial charge in [0.15, 0.2) is 0 Å². The fourth-order valence-corrected chi connectivity index (χ4v) is 4.28. The van der Waals surface area contributed by atoms with E-state index in [1.165, 1.54) is 50.2 Å². The minimum atomic E-state index is 0.270. The third-order valence-corrected chi connectivity index (χ3v) is 5.09. The molecule has 0 saturated carbocycles. The molecule has 2 nitrogen and oxygen atoms in total. The summed E-state index contributed by atoms with van der Waals surface area (Å²) >= 11 is 2.09. The summed E-state index contributed by atoms with van der Waals surface area (Å²) < 4.78 is 6.13. The van der Waals surface area contributed by atoms with Gasteiger partial charge in [0.25, 0.3) is 0 Å². The van der Waals surface area contributed by atoms with E-state index in [0.29, 0.717) is 6.04 Å². The monoisotopic (exact) mass is 257 g/mol. The van der Waals surface area contributed by atoms with Gasteiger partial charge in [-0.1, -0.05) is 13.8 Å². The predicted molar refractivity (Wildman–Crippen MR) is 75.7 cm³/mol. The van der Waals surface area contributed by atoms with Crippen LogP contribution in [0.15, 0.2) is 0 Å². The number of hydrogen-bond donors (Lipinski definition) is 1. The Morgan fingerprint density at radius 3 is 2.82 bits per heavy atom. The molecular formula is C14H27NOS. The van der Waals surface area contributed by atoms with Gasteiger partial charge >= 0.3 is 0 Å². The third-order valence-electron chi connectivity index (χ3n) is 4.10. The molecule has 0 aromatic carbocycles. The van der Waals surface area contributed by atoms with Gasteiger partial charge in [0.05, 0.1) is 5.60 Å². The van der Waals surface area contributed by atoms with E-state index < -0.39 is 0 Å². The van der Waals surface area contributed by atoms with Crippen LogP contribution in [0.5, 0.6) is 0 Å². The molecule has 3 heteroatoms. The Bertz CT molecular complexity index is 221. The number of ether oxygens (including phenoxy) is 1. The zero-order valence-corrected chi connectivity index (χ0v) is 12.2. The van der Waals surface area contributed by atoms with E-state index in [1.807, 2.05) is 0 Å². The molecule has 2 rings (SSSR count). The van der Waals surface area contributed by atoms with Crippen LogP contribution >= 0.6 is 11.8 Å². The van der Waals surface area contributed by atoms with E-state index in [2.05, 4.69) is 30.9 Å². The molecule has 1 unspecified atom stereocenters. The smallest absolute Gasteiger partial charge is 0.0700 e. The van der Waals surface area contributed by atoms with Gasteiger partial charge < -0.3 is 10.1 Å². The minimum absolute atomic E-state index is 0.270. The Morgan fingerprint density at radius 1 is 1.35 bits per heavy atom. The van der Waals surface area contributed by atoms with E-state index in [-0.39, 0.29) is 5.60 Å². The van der Waals surface area contributed by atoms with Crippen molar-refractivity contribution in [3.63, 3.8) is 0 Å². The molecule has 0 amide bonds. The molecule has 2 aliphatic heterocycles.